The van der Waals surface area contributed by atoms with Crippen LogP contribution in [0.15, 0.2) is 79.0 Å². The number of rotatable bonds is 6. The van der Waals surface area contributed by atoms with Gasteiger partial charge in [-0.2, -0.15) is 0 Å². The minimum Gasteiger partial charge on any atom is -0.358 e. The van der Waals surface area contributed by atoms with Crippen molar-refractivity contribution in [1.82, 2.24) is 14.9 Å². The molecule has 0 aliphatic heterocycles. The molecule has 0 spiro atoms. The summed E-state index contributed by atoms with van der Waals surface area (Å²) in [7, 11) is 4.49. The molecule has 1 fully saturated rings. The van der Waals surface area contributed by atoms with E-state index in [-0.39, 0.29) is 5.54 Å². The van der Waals surface area contributed by atoms with Crippen LogP contribution in [0.3, 0.4) is 0 Å². The van der Waals surface area contributed by atoms with Crippen LogP contribution in [0.4, 0.5) is 0 Å². The van der Waals surface area contributed by atoms with E-state index in [1.165, 1.54) is 59.1 Å². The van der Waals surface area contributed by atoms with Crippen molar-refractivity contribution in [1.29, 1.82) is 0 Å². The Bertz CT molecular complexity index is 1150. The third-order valence-electron chi connectivity index (χ3n) is 7.59. The molecule has 0 radical (unpaired) electrons. The topological polar surface area (TPSA) is 31.9 Å². The Labute approximate surface area is 191 Å². The highest BCUT2D eigenvalue weighted by molar-refractivity contribution is 5.85. The van der Waals surface area contributed by atoms with E-state index in [2.05, 4.69) is 95.7 Å². The molecule has 164 valence electrons. The van der Waals surface area contributed by atoms with Crippen molar-refractivity contribution < 1.29 is 0 Å². The predicted octanol–water partition coefficient (Wildman–Crippen LogP) is 6.46. The van der Waals surface area contributed by atoms with E-state index >= 15 is 0 Å². The number of pyridine rings is 1. The van der Waals surface area contributed by atoms with Crippen molar-refractivity contribution in [3.05, 3.63) is 102 Å². The number of hydrogen-bond acceptors (Lipinski definition) is 2. The van der Waals surface area contributed by atoms with Crippen LogP contribution in [0.2, 0.25) is 0 Å². The average molecular weight is 424 g/mol. The predicted molar refractivity (Wildman–Crippen MR) is 133 cm³/mol. The SMILES string of the molecule is CN(C)C1(c2ccccc2)CCC(c2[nH]c3ccccc3c2CCc2ccccn2)CC1. The zero-order chi connectivity index (χ0) is 22.0. The Morgan fingerprint density at radius 2 is 1.59 bits per heavy atom. The Hall–Kier alpha value is -2.91. The lowest BCUT2D eigenvalue weighted by Gasteiger charge is -2.45. The Morgan fingerprint density at radius 1 is 0.875 bits per heavy atom. The number of fused-ring (bicyclic) bond motifs is 1. The smallest absolute Gasteiger partial charge is 0.0459 e. The molecule has 2 heterocycles. The monoisotopic (exact) mass is 423 g/mol. The second-order valence-electron chi connectivity index (χ2n) is 9.45. The van der Waals surface area contributed by atoms with Crippen LogP contribution in [0.1, 0.15) is 54.1 Å². The highest BCUT2D eigenvalue weighted by atomic mass is 15.1. The van der Waals surface area contributed by atoms with Gasteiger partial charge in [0, 0.05) is 34.0 Å². The molecule has 0 atom stereocenters. The van der Waals surface area contributed by atoms with Crippen LogP contribution in [0, 0.1) is 0 Å². The molecule has 0 unspecified atom stereocenters. The highest BCUT2D eigenvalue weighted by Gasteiger charge is 2.39. The van der Waals surface area contributed by atoms with E-state index < -0.39 is 0 Å². The number of benzene rings is 2. The summed E-state index contributed by atoms with van der Waals surface area (Å²) in [5.41, 5.74) is 6.98. The van der Waals surface area contributed by atoms with Crippen LogP contribution in [0.25, 0.3) is 10.9 Å². The van der Waals surface area contributed by atoms with Crippen molar-refractivity contribution >= 4 is 10.9 Å². The largest absolute Gasteiger partial charge is 0.358 e. The Balaban J connectivity index is 1.43. The van der Waals surface area contributed by atoms with E-state index in [9.17, 15) is 0 Å². The molecule has 5 rings (SSSR count). The van der Waals surface area contributed by atoms with Crippen LogP contribution in [0.5, 0.6) is 0 Å². The highest BCUT2D eigenvalue weighted by Crippen LogP contribution is 2.47. The van der Waals surface area contributed by atoms with Crippen molar-refractivity contribution in [2.75, 3.05) is 14.1 Å². The normalized spacial score (nSPS) is 21.3. The number of H-pyrrole nitrogens is 1. The maximum atomic E-state index is 4.56. The Kier molecular flexibility index (Phi) is 5.84. The second-order valence-corrected chi connectivity index (χ2v) is 9.45. The first-order valence-electron chi connectivity index (χ1n) is 11.9. The lowest BCUT2D eigenvalue weighted by Crippen LogP contribution is -2.44. The summed E-state index contributed by atoms with van der Waals surface area (Å²) < 4.78 is 0. The van der Waals surface area contributed by atoms with E-state index in [1.807, 2.05) is 12.3 Å². The fourth-order valence-corrected chi connectivity index (χ4v) is 5.76. The van der Waals surface area contributed by atoms with Gasteiger partial charge in [0.1, 0.15) is 0 Å². The molecule has 1 N–H and O–H groups in total. The summed E-state index contributed by atoms with van der Waals surface area (Å²) in [6.07, 6.45) is 8.69. The van der Waals surface area contributed by atoms with Crippen LogP contribution < -0.4 is 0 Å². The molecule has 0 bridgehead atoms. The molecule has 4 aromatic rings. The van der Waals surface area contributed by atoms with Gasteiger partial charge in [0.25, 0.3) is 0 Å². The standard InChI is InChI=1S/C29H33N3/c1-32(2)29(23-10-4-3-5-11-23)19-17-22(18-20-29)28-26(16-15-24-12-8-9-21-30-24)25-13-6-7-14-27(25)31-28/h3-14,21-22,31H,15-20H2,1-2H3. The van der Waals surface area contributed by atoms with Crippen LogP contribution in [-0.2, 0) is 18.4 Å². The third-order valence-corrected chi connectivity index (χ3v) is 7.59. The summed E-state index contributed by atoms with van der Waals surface area (Å²) in [5, 5.41) is 1.38. The molecule has 1 aliphatic rings. The van der Waals surface area contributed by atoms with Gasteiger partial charge in [0.05, 0.1) is 0 Å². The summed E-state index contributed by atoms with van der Waals surface area (Å²) in [5.74, 6) is 0.581. The Morgan fingerprint density at radius 3 is 2.31 bits per heavy atom. The number of para-hydroxylation sites is 1. The fraction of sp³-hybridized carbons (Fsp3) is 0.345. The van der Waals surface area contributed by atoms with Crippen molar-refractivity contribution in [3.63, 3.8) is 0 Å². The summed E-state index contributed by atoms with van der Waals surface area (Å²) >= 11 is 0. The van der Waals surface area contributed by atoms with Gasteiger partial charge >= 0.3 is 0 Å². The van der Waals surface area contributed by atoms with Gasteiger partial charge in [-0.3, -0.25) is 9.88 Å². The van der Waals surface area contributed by atoms with Gasteiger partial charge in [-0.1, -0.05) is 54.6 Å². The van der Waals surface area contributed by atoms with Gasteiger partial charge < -0.3 is 4.98 Å². The number of nitrogens with zero attached hydrogens (tertiary/aromatic N) is 2. The number of aromatic amines is 1. The molecule has 1 saturated carbocycles. The van der Waals surface area contributed by atoms with Gasteiger partial charge in [0.2, 0.25) is 0 Å². The molecule has 1 aliphatic carbocycles. The van der Waals surface area contributed by atoms with Crippen molar-refractivity contribution in [2.45, 2.75) is 50.0 Å². The lowest BCUT2D eigenvalue weighted by molar-refractivity contribution is 0.0903. The van der Waals surface area contributed by atoms with Crippen LogP contribution >= 0.6 is 0 Å². The summed E-state index contributed by atoms with van der Waals surface area (Å²) in [6, 6.07) is 26.1. The molecule has 0 amide bonds. The number of hydrogen-bond donors (Lipinski definition) is 1. The molecular weight excluding hydrogens is 390 g/mol. The maximum absolute atomic E-state index is 4.56. The van der Waals surface area contributed by atoms with Gasteiger partial charge in [0.15, 0.2) is 0 Å². The van der Waals surface area contributed by atoms with Crippen molar-refractivity contribution in [2.24, 2.45) is 0 Å². The van der Waals surface area contributed by atoms with Gasteiger partial charge in [-0.15, -0.1) is 0 Å². The average Bonchev–Trinajstić information content (AvgIpc) is 3.22. The van der Waals surface area contributed by atoms with E-state index in [4.69, 9.17) is 0 Å². The first kappa shape index (κ1) is 21.0. The number of aromatic nitrogens is 2. The quantitative estimate of drug-likeness (QED) is 0.386. The molecule has 2 aromatic carbocycles. The zero-order valence-corrected chi connectivity index (χ0v) is 19.2. The first-order valence-corrected chi connectivity index (χ1v) is 11.9. The molecule has 3 heteroatoms. The molecule has 2 aromatic heterocycles. The summed E-state index contributed by atoms with van der Waals surface area (Å²) in [4.78, 5) is 10.8. The van der Waals surface area contributed by atoms with Crippen molar-refractivity contribution in [3.8, 4) is 0 Å². The minimum atomic E-state index is 0.137. The number of nitrogens with one attached hydrogen (secondary N) is 1. The molecule has 0 saturated heterocycles. The first-order chi connectivity index (χ1) is 15.7. The van der Waals surface area contributed by atoms with E-state index in [1.54, 1.807) is 0 Å². The summed E-state index contributed by atoms with van der Waals surface area (Å²) in [6.45, 7) is 0. The van der Waals surface area contributed by atoms with E-state index in [0.717, 1.165) is 12.8 Å². The van der Waals surface area contributed by atoms with Gasteiger partial charge in [-0.25, -0.2) is 0 Å². The van der Waals surface area contributed by atoms with Gasteiger partial charge in [-0.05, 0) is 87.9 Å². The fourth-order valence-electron chi connectivity index (χ4n) is 5.76. The number of aryl methyl sites for hydroxylation is 2. The molecule has 32 heavy (non-hydrogen) atoms. The minimum absolute atomic E-state index is 0.137. The lowest BCUT2D eigenvalue weighted by atomic mass is 9.70. The second kappa shape index (κ2) is 8.91. The molecule has 3 nitrogen and oxygen atoms in total. The zero-order valence-electron chi connectivity index (χ0n) is 19.2. The maximum Gasteiger partial charge on any atom is 0.0459 e. The van der Waals surface area contributed by atoms with E-state index in [0.29, 0.717) is 5.92 Å². The third kappa shape index (κ3) is 3.86. The molecular formula is C29H33N3. The van der Waals surface area contributed by atoms with Crippen LogP contribution in [-0.4, -0.2) is 29.0 Å².